The van der Waals surface area contributed by atoms with E-state index in [-0.39, 0.29) is 0 Å². The first kappa shape index (κ1) is 19.3. The molecular weight excluding hydrogens is 382 g/mol. The molecule has 1 aromatic heterocycles. The molecule has 3 nitrogen and oxygen atoms in total. The Labute approximate surface area is 182 Å². The Morgan fingerprint density at radius 3 is 2.45 bits per heavy atom. The van der Waals surface area contributed by atoms with E-state index in [0.717, 1.165) is 24.5 Å². The molecule has 5 aromatic rings. The van der Waals surface area contributed by atoms with Crippen LogP contribution < -0.4 is 9.47 Å². The van der Waals surface area contributed by atoms with Gasteiger partial charge in [0.1, 0.15) is 18.1 Å². The number of fused-ring (bicyclic) bond motifs is 2. The summed E-state index contributed by atoms with van der Waals surface area (Å²) in [7, 11) is 0. The fourth-order valence-electron chi connectivity index (χ4n) is 3.94. The van der Waals surface area contributed by atoms with Crippen molar-refractivity contribution in [3.63, 3.8) is 0 Å². The van der Waals surface area contributed by atoms with Crippen LogP contribution in [0.5, 0.6) is 11.5 Å². The summed E-state index contributed by atoms with van der Waals surface area (Å²) < 4.78 is 14.3. The van der Waals surface area contributed by atoms with E-state index in [4.69, 9.17) is 9.47 Å². The molecule has 0 saturated heterocycles. The second-order valence-corrected chi connectivity index (χ2v) is 7.68. The Hall–Kier alpha value is -3.72. The van der Waals surface area contributed by atoms with Crippen LogP contribution in [0, 0.1) is 0 Å². The summed E-state index contributed by atoms with van der Waals surface area (Å²) in [5, 5.41) is 3.57. The minimum Gasteiger partial charge on any atom is -0.493 e. The molecule has 0 unspecified atom stereocenters. The number of nitrogens with zero attached hydrogens (tertiary/aromatic N) is 1. The molecule has 0 aliphatic rings. The first-order valence-corrected chi connectivity index (χ1v) is 10.7. The van der Waals surface area contributed by atoms with Crippen molar-refractivity contribution in [1.82, 2.24) is 4.57 Å². The zero-order valence-corrected chi connectivity index (χ0v) is 17.4. The SMILES string of the molecule is c1ccc(COc2ccc3c(ccn3CCCOc3cccc4ccccc34)c2)cc1. The van der Waals surface area contributed by atoms with Gasteiger partial charge in [-0.1, -0.05) is 66.7 Å². The van der Waals surface area contributed by atoms with Gasteiger partial charge in [-0.25, -0.2) is 0 Å². The summed E-state index contributed by atoms with van der Waals surface area (Å²) in [6.07, 6.45) is 3.09. The molecule has 0 atom stereocenters. The summed E-state index contributed by atoms with van der Waals surface area (Å²) in [6.45, 7) is 2.18. The Morgan fingerprint density at radius 2 is 1.52 bits per heavy atom. The summed E-state index contributed by atoms with van der Waals surface area (Å²) >= 11 is 0. The second-order valence-electron chi connectivity index (χ2n) is 7.68. The third-order valence-electron chi connectivity index (χ3n) is 5.54. The van der Waals surface area contributed by atoms with Gasteiger partial charge in [0, 0.05) is 29.0 Å². The first-order valence-electron chi connectivity index (χ1n) is 10.7. The van der Waals surface area contributed by atoms with E-state index in [0.29, 0.717) is 13.2 Å². The van der Waals surface area contributed by atoms with E-state index in [9.17, 15) is 0 Å². The Morgan fingerprint density at radius 1 is 0.677 bits per heavy atom. The van der Waals surface area contributed by atoms with E-state index in [1.807, 2.05) is 30.3 Å². The van der Waals surface area contributed by atoms with Crippen molar-refractivity contribution in [2.45, 2.75) is 19.6 Å². The summed E-state index contributed by atoms with van der Waals surface area (Å²) in [5.74, 6) is 1.85. The van der Waals surface area contributed by atoms with E-state index in [2.05, 4.69) is 77.5 Å². The normalized spacial score (nSPS) is 11.1. The van der Waals surface area contributed by atoms with E-state index in [1.54, 1.807) is 0 Å². The summed E-state index contributed by atoms with van der Waals surface area (Å²) in [4.78, 5) is 0. The molecule has 154 valence electrons. The van der Waals surface area contributed by atoms with Crippen LogP contribution in [-0.2, 0) is 13.2 Å². The monoisotopic (exact) mass is 407 g/mol. The van der Waals surface area contributed by atoms with Crippen LogP contribution in [0.25, 0.3) is 21.7 Å². The van der Waals surface area contributed by atoms with Crippen molar-refractivity contribution < 1.29 is 9.47 Å². The quantitative estimate of drug-likeness (QED) is 0.263. The fourth-order valence-corrected chi connectivity index (χ4v) is 3.94. The van der Waals surface area contributed by atoms with E-state index >= 15 is 0 Å². The predicted octanol–water partition coefficient (Wildman–Crippen LogP) is 6.84. The maximum Gasteiger partial charge on any atom is 0.127 e. The van der Waals surface area contributed by atoms with Crippen molar-refractivity contribution in [1.29, 1.82) is 0 Å². The highest BCUT2D eigenvalue weighted by atomic mass is 16.5. The molecule has 0 radical (unpaired) electrons. The van der Waals surface area contributed by atoms with Crippen LogP contribution in [0.4, 0.5) is 0 Å². The van der Waals surface area contributed by atoms with Crippen molar-refractivity contribution in [2.24, 2.45) is 0 Å². The van der Waals surface area contributed by atoms with Crippen LogP contribution >= 0.6 is 0 Å². The van der Waals surface area contributed by atoms with Crippen LogP contribution in [-0.4, -0.2) is 11.2 Å². The lowest BCUT2D eigenvalue weighted by Gasteiger charge is -2.11. The number of hydrogen-bond acceptors (Lipinski definition) is 2. The number of benzene rings is 4. The van der Waals surface area contributed by atoms with Crippen LogP contribution in [0.15, 0.2) is 103 Å². The van der Waals surface area contributed by atoms with Crippen LogP contribution in [0.3, 0.4) is 0 Å². The van der Waals surface area contributed by atoms with Crippen molar-refractivity contribution in [2.75, 3.05) is 6.61 Å². The smallest absolute Gasteiger partial charge is 0.127 e. The number of rotatable bonds is 8. The molecule has 0 saturated carbocycles. The summed E-state index contributed by atoms with van der Waals surface area (Å²) in [5.41, 5.74) is 2.39. The maximum atomic E-state index is 6.09. The molecule has 0 N–H and O–H groups in total. The third-order valence-corrected chi connectivity index (χ3v) is 5.54. The molecule has 31 heavy (non-hydrogen) atoms. The molecule has 3 heteroatoms. The molecular formula is C28H25NO2. The molecule has 5 rings (SSSR count). The van der Waals surface area contributed by atoms with E-state index < -0.39 is 0 Å². The lowest BCUT2D eigenvalue weighted by molar-refractivity contribution is 0.305. The van der Waals surface area contributed by atoms with Gasteiger partial charge in [-0.05, 0) is 47.7 Å². The number of hydrogen-bond donors (Lipinski definition) is 0. The molecule has 0 bridgehead atoms. The minimum absolute atomic E-state index is 0.582. The number of ether oxygens (including phenoxy) is 2. The molecule has 0 spiro atoms. The van der Waals surface area contributed by atoms with Gasteiger partial charge in [0.25, 0.3) is 0 Å². The van der Waals surface area contributed by atoms with Gasteiger partial charge in [-0.2, -0.15) is 0 Å². The Kier molecular flexibility index (Phi) is 5.57. The Balaban J connectivity index is 1.19. The van der Waals surface area contributed by atoms with Crippen molar-refractivity contribution >= 4 is 21.7 Å². The zero-order chi connectivity index (χ0) is 20.9. The largest absolute Gasteiger partial charge is 0.493 e. The molecule has 0 aliphatic heterocycles. The van der Waals surface area contributed by atoms with Crippen molar-refractivity contribution in [3.05, 3.63) is 109 Å². The molecule has 1 heterocycles. The standard InChI is InChI=1S/C28H25NO2/c1-2-8-22(9-3-1)21-31-25-14-15-27-24(20-25)16-18-29(27)17-7-19-30-28-13-6-11-23-10-4-5-12-26(23)28/h1-6,8-16,18,20H,7,17,19,21H2. The fraction of sp³-hybridized carbons (Fsp3) is 0.143. The van der Waals surface area contributed by atoms with E-state index in [1.165, 1.54) is 27.2 Å². The van der Waals surface area contributed by atoms with Crippen molar-refractivity contribution in [3.8, 4) is 11.5 Å². The average molecular weight is 408 g/mol. The van der Waals surface area contributed by atoms with Gasteiger partial charge in [-0.15, -0.1) is 0 Å². The minimum atomic E-state index is 0.582. The highest BCUT2D eigenvalue weighted by Crippen LogP contribution is 2.26. The lowest BCUT2D eigenvalue weighted by Crippen LogP contribution is -2.04. The highest BCUT2D eigenvalue weighted by Gasteiger charge is 2.05. The first-order chi connectivity index (χ1) is 15.4. The zero-order valence-electron chi connectivity index (χ0n) is 17.4. The van der Waals surface area contributed by atoms with Gasteiger partial charge in [-0.3, -0.25) is 0 Å². The van der Waals surface area contributed by atoms with Crippen LogP contribution in [0.1, 0.15) is 12.0 Å². The van der Waals surface area contributed by atoms with Gasteiger partial charge in [0.15, 0.2) is 0 Å². The van der Waals surface area contributed by atoms with Gasteiger partial charge in [0.05, 0.1) is 6.61 Å². The summed E-state index contributed by atoms with van der Waals surface area (Å²) in [6, 6.07) is 33.3. The topological polar surface area (TPSA) is 23.4 Å². The van der Waals surface area contributed by atoms with Gasteiger partial charge in [0.2, 0.25) is 0 Å². The number of aryl methyl sites for hydroxylation is 1. The number of aromatic nitrogens is 1. The Bertz CT molecular complexity index is 1290. The second kappa shape index (κ2) is 8.97. The maximum absolute atomic E-state index is 6.09. The van der Waals surface area contributed by atoms with Gasteiger partial charge < -0.3 is 14.0 Å². The average Bonchev–Trinajstić information content (AvgIpc) is 3.23. The molecule has 4 aromatic carbocycles. The molecule has 0 aliphatic carbocycles. The van der Waals surface area contributed by atoms with Crippen LogP contribution in [0.2, 0.25) is 0 Å². The predicted molar refractivity (Wildman–Crippen MR) is 127 cm³/mol. The molecule has 0 amide bonds. The lowest BCUT2D eigenvalue weighted by atomic mass is 10.1. The third kappa shape index (κ3) is 4.41. The molecule has 0 fully saturated rings. The van der Waals surface area contributed by atoms with Gasteiger partial charge >= 0.3 is 0 Å². The highest BCUT2D eigenvalue weighted by molar-refractivity contribution is 5.88.